The molecule has 9 heteroatoms. The number of hydrogen-bond donors (Lipinski definition) is 2. The lowest BCUT2D eigenvalue weighted by molar-refractivity contribution is -0.119. The number of nitrogens with zero attached hydrogens (tertiary/aromatic N) is 2. The molecule has 0 saturated carbocycles. The molecule has 0 atom stereocenters. The quantitative estimate of drug-likeness (QED) is 0.813. The lowest BCUT2D eigenvalue weighted by Gasteiger charge is -1.98. The Balaban J connectivity index is 1.89. The molecular formula is C12H11ClN4O3S. The van der Waals surface area contributed by atoms with Crippen LogP contribution in [0.1, 0.15) is 6.42 Å². The largest absolute Gasteiger partial charge is 0.411 e. The number of benzene rings is 1. The van der Waals surface area contributed by atoms with Gasteiger partial charge in [-0.05, 0) is 18.2 Å². The average molecular weight is 327 g/mol. The van der Waals surface area contributed by atoms with E-state index in [1.54, 1.807) is 24.3 Å². The maximum Gasteiger partial charge on any atom is 0.318 e. The zero-order valence-electron chi connectivity index (χ0n) is 10.7. The summed E-state index contributed by atoms with van der Waals surface area (Å²) in [5.74, 6) is 0.280. The van der Waals surface area contributed by atoms with E-state index in [-0.39, 0.29) is 6.42 Å². The van der Waals surface area contributed by atoms with Crippen molar-refractivity contribution in [2.45, 2.75) is 11.6 Å². The van der Waals surface area contributed by atoms with Crippen molar-refractivity contribution < 1.29 is 14.0 Å². The van der Waals surface area contributed by atoms with Crippen LogP contribution in [0, 0.1) is 0 Å². The Bertz CT molecular complexity index is 661. The molecule has 3 N–H and O–H groups in total. The van der Waals surface area contributed by atoms with Crippen molar-refractivity contribution in [1.29, 1.82) is 0 Å². The first-order valence-electron chi connectivity index (χ1n) is 5.86. The van der Waals surface area contributed by atoms with Gasteiger partial charge in [-0.1, -0.05) is 29.4 Å². The predicted molar refractivity (Wildman–Crippen MR) is 77.8 cm³/mol. The zero-order valence-corrected chi connectivity index (χ0v) is 12.3. The van der Waals surface area contributed by atoms with E-state index in [2.05, 4.69) is 10.2 Å². The third-order valence-electron chi connectivity index (χ3n) is 2.30. The molecule has 1 heterocycles. The van der Waals surface area contributed by atoms with Crippen molar-refractivity contribution in [1.82, 2.24) is 15.5 Å². The van der Waals surface area contributed by atoms with E-state index >= 15 is 0 Å². The summed E-state index contributed by atoms with van der Waals surface area (Å²) in [5.41, 5.74) is 5.54. The molecule has 1 aromatic heterocycles. The van der Waals surface area contributed by atoms with Crippen LogP contribution in [0.15, 0.2) is 33.9 Å². The van der Waals surface area contributed by atoms with E-state index in [4.69, 9.17) is 21.8 Å². The third-order valence-corrected chi connectivity index (χ3v) is 3.35. The lowest BCUT2D eigenvalue weighted by Crippen LogP contribution is -2.35. The fraction of sp³-hybridized carbons (Fsp3) is 0.167. The Hall–Kier alpha value is -2.06. The normalized spacial score (nSPS) is 10.3. The molecule has 2 aromatic rings. The van der Waals surface area contributed by atoms with E-state index in [1.165, 1.54) is 11.8 Å². The highest BCUT2D eigenvalue weighted by Gasteiger charge is 2.10. The van der Waals surface area contributed by atoms with Crippen LogP contribution in [-0.2, 0) is 4.79 Å². The number of urea groups is 1. The van der Waals surface area contributed by atoms with E-state index in [0.717, 1.165) is 0 Å². The van der Waals surface area contributed by atoms with Crippen molar-refractivity contribution in [2.75, 3.05) is 5.75 Å². The molecule has 0 fully saturated rings. The van der Waals surface area contributed by atoms with E-state index in [0.29, 0.717) is 27.5 Å². The number of hydrogen-bond acceptors (Lipinski definition) is 6. The molecule has 2 rings (SSSR count). The number of imide groups is 1. The first kappa shape index (κ1) is 15.3. The molecule has 110 valence electrons. The molecule has 0 saturated heterocycles. The Kier molecular flexibility index (Phi) is 5.18. The fourth-order valence-corrected chi connectivity index (χ4v) is 2.33. The van der Waals surface area contributed by atoms with Crippen LogP contribution in [-0.4, -0.2) is 27.9 Å². The summed E-state index contributed by atoms with van der Waals surface area (Å²) in [6.07, 6.45) is 0.114. The monoisotopic (exact) mass is 326 g/mol. The number of halogens is 1. The molecule has 0 spiro atoms. The van der Waals surface area contributed by atoms with Gasteiger partial charge >= 0.3 is 6.03 Å². The Morgan fingerprint density at radius 1 is 1.38 bits per heavy atom. The summed E-state index contributed by atoms with van der Waals surface area (Å²) >= 11 is 7.09. The second-order valence-corrected chi connectivity index (χ2v) is 5.38. The smallest absolute Gasteiger partial charge is 0.318 e. The molecule has 0 aliphatic heterocycles. The van der Waals surface area contributed by atoms with Gasteiger partial charge in [-0.25, -0.2) is 4.79 Å². The Labute approximate surface area is 129 Å². The minimum absolute atomic E-state index is 0.114. The number of amides is 3. The molecule has 21 heavy (non-hydrogen) atoms. The van der Waals surface area contributed by atoms with Crippen LogP contribution in [0.3, 0.4) is 0 Å². The van der Waals surface area contributed by atoms with Crippen molar-refractivity contribution in [3.63, 3.8) is 0 Å². The molecular weight excluding hydrogens is 316 g/mol. The average Bonchev–Trinajstić information content (AvgIpc) is 2.86. The van der Waals surface area contributed by atoms with Crippen molar-refractivity contribution >= 4 is 35.3 Å². The van der Waals surface area contributed by atoms with Crippen LogP contribution < -0.4 is 11.1 Å². The van der Waals surface area contributed by atoms with Gasteiger partial charge in [-0.15, -0.1) is 10.2 Å². The van der Waals surface area contributed by atoms with Crippen molar-refractivity contribution in [3.8, 4) is 11.5 Å². The molecule has 1 aromatic carbocycles. The summed E-state index contributed by atoms with van der Waals surface area (Å²) in [6, 6.07) is 6.17. The van der Waals surface area contributed by atoms with Crippen molar-refractivity contribution in [2.24, 2.45) is 5.73 Å². The number of carbonyl (C=O) groups excluding carboxylic acids is 2. The summed E-state index contributed by atoms with van der Waals surface area (Å²) < 4.78 is 5.45. The minimum Gasteiger partial charge on any atom is -0.411 e. The molecule has 7 nitrogen and oxygen atoms in total. The first-order valence-corrected chi connectivity index (χ1v) is 7.22. The van der Waals surface area contributed by atoms with E-state index in [9.17, 15) is 9.59 Å². The van der Waals surface area contributed by atoms with Gasteiger partial charge in [-0.2, -0.15) is 0 Å². The van der Waals surface area contributed by atoms with Gasteiger partial charge in [0, 0.05) is 22.8 Å². The van der Waals surface area contributed by atoms with Gasteiger partial charge in [-0.3, -0.25) is 10.1 Å². The fourth-order valence-electron chi connectivity index (χ4n) is 1.44. The Morgan fingerprint density at radius 2 is 2.19 bits per heavy atom. The highest BCUT2D eigenvalue weighted by molar-refractivity contribution is 7.99. The molecule has 0 aliphatic carbocycles. The van der Waals surface area contributed by atoms with Crippen molar-refractivity contribution in [3.05, 3.63) is 29.3 Å². The van der Waals surface area contributed by atoms with E-state index < -0.39 is 11.9 Å². The van der Waals surface area contributed by atoms with Gasteiger partial charge in [0.1, 0.15) is 0 Å². The second-order valence-electron chi connectivity index (χ2n) is 3.89. The zero-order chi connectivity index (χ0) is 15.2. The third kappa shape index (κ3) is 4.76. The molecule has 3 amide bonds. The molecule has 0 radical (unpaired) electrons. The van der Waals surface area contributed by atoms with Gasteiger partial charge in [0.15, 0.2) is 0 Å². The predicted octanol–water partition coefficient (Wildman–Crippen LogP) is 2.07. The van der Waals surface area contributed by atoms with Gasteiger partial charge in [0.2, 0.25) is 11.8 Å². The van der Waals surface area contributed by atoms with E-state index in [1.807, 2.05) is 5.32 Å². The van der Waals surface area contributed by atoms with Crippen LogP contribution >= 0.6 is 23.4 Å². The number of primary amides is 1. The van der Waals surface area contributed by atoms with Crippen LogP contribution in [0.4, 0.5) is 4.79 Å². The molecule has 0 unspecified atom stereocenters. The number of aromatic nitrogens is 2. The molecule has 0 aliphatic rings. The second kappa shape index (κ2) is 7.09. The SMILES string of the molecule is NC(=O)NC(=O)CCSc1nnc(-c2cccc(Cl)c2)o1. The number of carbonyl (C=O) groups is 2. The minimum atomic E-state index is -0.869. The van der Waals surface area contributed by atoms with Gasteiger partial charge in [0.25, 0.3) is 5.22 Å². The maximum absolute atomic E-state index is 11.2. The van der Waals surface area contributed by atoms with Gasteiger partial charge < -0.3 is 10.2 Å². The lowest BCUT2D eigenvalue weighted by atomic mass is 10.2. The molecule has 0 bridgehead atoms. The highest BCUT2D eigenvalue weighted by Crippen LogP contribution is 2.25. The summed E-state index contributed by atoms with van der Waals surface area (Å²) in [4.78, 5) is 21.7. The number of nitrogens with two attached hydrogens (primary N) is 1. The standard InChI is InChI=1S/C12H11ClN4O3S/c13-8-3-1-2-7(6-8)10-16-17-12(20-10)21-5-4-9(18)15-11(14)19/h1-3,6H,4-5H2,(H3,14,15,18,19). The van der Waals surface area contributed by atoms with Crippen LogP contribution in [0.5, 0.6) is 0 Å². The number of nitrogens with one attached hydrogen (secondary N) is 1. The van der Waals surface area contributed by atoms with Crippen LogP contribution in [0.25, 0.3) is 11.5 Å². The number of rotatable bonds is 5. The Morgan fingerprint density at radius 3 is 2.90 bits per heavy atom. The topological polar surface area (TPSA) is 111 Å². The van der Waals surface area contributed by atoms with Gasteiger partial charge in [0.05, 0.1) is 0 Å². The summed E-state index contributed by atoms with van der Waals surface area (Å²) in [7, 11) is 0. The summed E-state index contributed by atoms with van der Waals surface area (Å²) in [6.45, 7) is 0. The summed E-state index contributed by atoms with van der Waals surface area (Å²) in [5, 5.41) is 10.6. The highest BCUT2D eigenvalue weighted by atomic mass is 35.5. The maximum atomic E-state index is 11.2. The number of thioether (sulfide) groups is 1. The first-order chi connectivity index (χ1) is 10.0. The van der Waals surface area contributed by atoms with Crippen LogP contribution in [0.2, 0.25) is 5.02 Å².